The molecule has 0 unspecified atom stereocenters. The van der Waals surface area contributed by atoms with E-state index in [-0.39, 0.29) is 0 Å². The van der Waals surface area contributed by atoms with Crippen LogP contribution in [-0.2, 0) is 0 Å². The lowest BCUT2D eigenvalue weighted by Gasteiger charge is -2.12. The summed E-state index contributed by atoms with van der Waals surface area (Å²) in [6.45, 7) is 0. The molecule has 19 heavy (non-hydrogen) atoms. The highest BCUT2D eigenvalue weighted by atomic mass is 79.9. The summed E-state index contributed by atoms with van der Waals surface area (Å²) in [6, 6.07) is 9.99. The summed E-state index contributed by atoms with van der Waals surface area (Å²) >= 11 is 3.36. The van der Waals surface area contributed by atoms with Crippen LogP contribution in [0.1, 0.15) is 31.1 Å². The van der Waals surface area contributed by atoms with Gasteiger partial charge in [0.1, 0.15) is 0 Å². The maximum atomic E-state index is 11.2. The second-order valence-electron chi connectivity index (χ2n) is 3.87. The molecule has 0 saturated heterocycles. The van der Waals surface area contributed by atoms with E-state index in [9.17, 15) is 14.4 Å². The number of aldehydes is 3. The minimum absolute atomic E-state index is 0.375. The molecule has 0 aliphatic rings. The number of hydrogen-bond acceptors (Lipinski definition) is 3. The molecule has 3 nitrogen and oxygen atoms in total. The van der Waals surface area contributed by atoms with Crippen molar-refractivity contribution in [3.05, 3.63) is 57.6 Å². The van der Waals surface area contributed by atoms with Crippen molar-refractivity contribution in [3.63, 3.8) is 0 Å². The SMILES string of the molecule is O=Cc1cccc(Br)c1-c1c(C=O)cccc1C=O. The number of halogens is 1. The third-order valence-electron chi connectivity index (χ3n) is 2.81. The zero-order chi connectivity index (χ0) is 13.8. The second-order valence-corrected chi connectivity index (χ2v) is 4.72. The van der Waals surface area contributed by atoms with Gasteiger partial charge in [-0.2, -0.15) is 0 Å². The van der Waals surface area contributed by atoms with E-state index in [4.69, 9.17) is 0 Å². The summed E-state index contributed by atoms with van der Waals surface area (Å²) in [4.78, 5) is 33.5. The third-order valence-corrected chi connectivity index (χ3v) is 3.47. The minimum atomic E-state index is 0.375. The van der Waals surface area contributed by atoms with Crippen molar-refractivity contribution in [2.45, 2.75) is 0 Å². The Bertz CT molecular complexity index is 636. The molecular weight excluding hydrogens is 308 g/mol. The predicted octanol–water partition coefficient (Wildman–Crippen LogP) is 3.55. The zero-order valence-electron chi connectivity index (χ0n) is 9.80. The first kappa shape index (κ1) is 13.4. The summed E-state index contributed by atoms with van der Waals surface area (Å²) in [7, 11) is 0. The molecule has 2 aromatic rings. The summed E-state index contributed by atoms with van der Waals surface area (Å²) < 4.78 is 0.662. The lowest BCUT2D eigenvalue weighted by Crippen LogP contribution is -1.98. The monoisotopic (exact) mass is 316 g/mol. The Morgan fingerprint density at radius 1 is 0.684 bits per heavy atom. The van der Waals surface area contributed by atoms with Gasteiger partial charge in [0.15, 0.2) is 18.9 Å². The fourth-order valence-corrected chi connectivity index (χ4v) is 2.56. The van der Waals surface area contributed by atoms with Crippen LogP contribution < -0.4 is 0 Å². The first-order chi connectivity index (χ1) is 9.22. The van der Waals surface area contributed by atoms with Crippen LogP contribution in [0.4, 0.5) is 0 Å². The highest BCUT2D eigenvalue weighted by Gasteiger charge is 2.16. The summed E-state index contributed by atoms with van der Waals surface area (Å²) in [5, 5.41) is 0. The van der Waals surface area contributed by atoms with Crippen LogP contribution in [0.25, 0.3) is 11.1 Å². The largest absolute Gasteiger partial charge is 0.298 e. The number of carbonyl (C=O) groups excluding carboxylic acids is 3. The maximum absolute atomic E-state index is 11.2. The second kappa shape index (κ2) is 5.71. The van der Waals surface area contributed by atoms with Crippen LogP contribution in [-0.4, -0.2) is 18.9 Å². The normalized spacial score (nSPS) is 9.95. The van der Waals surface area contributed by atoms with Crippen molar-refractivity contribution in [2.75, 3.05) is 0 Å². The molecule has 0 bridgehead atoms. The highest BCUT2D eigenvalue weighted by Crippen LogP contribution is 2.34. The van der Waals surface area contributed by atoms with E-state index in [2.05, 4.69) is 15.9 Å². The van der Waals surface area contributed by atoms with Gasteiger partial charge in [0.05, 0.1) is 0 Å². The lowest BCUT2D eigenvalue weighted by molar-refractivity contribution is 0.111. The Balaban J connectivity index is 2.89. The Hall–Kier alpha value is -2.07. The van der Waals surface area contributed by atoms with Crippen molar-refractivity contribution >= 4 is 34.8 Å². The first-order valence-electron chi connectivity index (χ1n) is 5.50. The van der Waals surface area contributed by atoms with Crippen LogP contribution >= 0.6 is 15.9 Å². The molecule has 0 amide bonds. The molecule has 0 heterocycles. The third kappa shape index (κ3) is 2.39. The van der Waals surface area contributed by atoms with Crippen LogP contribution in [0.15, 0.2) is 40.9 Å². The molecule has 0 N–H and O–H groups in total. The van der Waals surface area contributed by atoms with Gasteiger partial charge in [0, 0.05) is 32.3 Å². The standard InChI is InChI=1S/C15H9BrO3/c16-13-6-2-5-12(9-19)15(13)14-10(7-17)3-1-4-11(14)8-18/h1-9H. The number of rotatable bonds is 4. The molecule has 0 fully saturated rings. The molecular formula is C15H9BrO3. The van der Waals surface area contributed by atoms with Gasteiger partial charge in [0.25, 0.3) is 0 Å². The van der Waals surface area contributed by atoms with Crippen molar-refractivity contribution < 1.29 is 14.4 Å². The van der Waals surface area contributed by atoms with E-state index in [0.717, 1.165) is 0 Å². The van der Waals surface area contributed by atoms with Crippen LogP contribution in [0.5, 0.6) is 0 Å². The molecule has 0 spiro atoms. The fourth-order valence-electron chi connectivity index (χ4n) is 1.98. The van der Waals surface area contributed by atoms with Crippen LogP contribution in [0.3, 0.4) is 0 Å². The van der Waals surface area contributed by atoms with Gasteiger partial charge in [-0.1, -0.05) is 46.3 Å². The lowest BCUT2D eigenvalue weighted by atomic mass is 9.92. The van der Waals surface area contributed by atoms with Gasteiger partial charge >= 0.3 is 0 Å². The average molecular weight is 317 g/mol. The first-order valence-corrected chi connectivity index (χ1v) is 6.29. The summed E-state index contributed by atoms with van der Waals surface area (Å²) in [6.07, 6.45) is 2.06. The Morgan fingerprint density at radius 3 is 1.58 bits per heavy atom. The topological polar surface area (TPSA) is 51.2 Å². The van der Waals surface area contributed by atoms with Gasteiger partial charge in [-0.15, -0.1) is 0 Å². The molecule has 0 saturated carbocycles. The maximum Gasteiger partial charge on any atom is 0.150 e. The Morgan fingerprint density at radius 2 is 1.11 bits per heavy atom. The van der Waals surface area contributed by atoms with Gasteiger partial charge < -0.3 is 0 Å². The number of benzene rings is 2. The van der Waals surface area contributed by atoms with Crippen molar-refractivity contribution in [2.24, 2.45) is 0 Å². The van der Waals surface area contributed by atoms with E-state index in [1.54, 1.807) is 36.4 Å². The van der Waals surface area contributed by atoms with Crippen molar-refractivity contribution in [1.29, 1.82) is 0 Å². The smallest absolute Gasteiger partial charge is 0.150 e. The zero-order valence-corrected chi connectivity index (χ0v) is 11.4. The van der Waals surface area contributed by atoms with Crippen molar-refractivity contribution in [3.8, 4) is 11.1 Å². The fraction of sp³-hybridized carbons (Fsp3) is 0. The predicted molar refractivity (Wildman–Crippen MR) is 75.7 cm³/mol. The van der Waals surface area contributed by atoms with E-state index in [1.807, 2.05) is 0 Å². The molecule has 2 aromatic carbocycles. The molecule has 0 aliphatic carbocycles. The summed E-state index contributed by atoms with van der Waals surface area (Å²) in [5.41, 5.74) is 2.20. The molecule has 0 aliphatic heterocycles. The van der Waals surface area contributed by atoms with E-state index >= 15 is 0 Å². The molecule has 0 atom stereocenters. The van der Waals surface area contributed by atoms with Gasteiger partial charge in [0.2, 0.25) is 0 Å². The van der Waals surface area contributed by atoms with Crippen LogP contribution in [0, 0.1) is 0 Å². The van der Waals surface area contributed by atoms with Crippen LogP contribution in [0.2, 0.25) is 0 Å². The van der Waals surface area contributed by atoms with Gasteiger partial charge in [-0.05, 0) is 6.07 Å². The quantitative estimate of drug-likeness (QED) is 0.810. The number of hydrogen-bond donors (Lipinski definition) is 0. The van der Waals surface area contributed by atoms with Gasteiger partial charge in [-0.25, -0.2) is 0 Å². The minimum Gasteiger partial charge on any atom is -0.298 e. The molecule has 0 radical (unpaired) electrons. The van der Waals surface area contributed by atoms with Gasteiger partial charge in [-0.3, -0.25) is 14.4 Å². The summed E-state index contributed by atoms with van der Waals surface area (Å²) in [5.74, 6) is 0. The van der Waals surface area contributed by atoms with E-state index in [1.165, 1.54) is 0 Å². The highest BCUT2D eigenvalue weighted by molar-refractivity contribution is 9.10. The molecule has 94 valence electrons. The Labute approximate surface area is 118 Å². The number of carbonyl (C=O) groups is 3. The van der Waals surface area contributed by atoms with E-state index in [0.29, 0.717) is 51.1 Å². The Kier molecular flexibility index (Phi) is 4.02. The average Bonchev–Trinajstić information content (AvgIpc) is 2.46. The molecule has 4 heteroatoms. The molecule has 2 rings (SSSR count). The molecule has 0 aromatic heterocycles. The van der Waals surface area contributed by atoms with Crippen molar-refractivity contribution in [1.82, 2.24) is 0 Å². The van der Waals surface area contributed by atoms with E-state index < -0.39 is 0 Å².